The second-order valence-electron chi connectivity index (χ2n) is 5.60. The maximum absolute atomic E-state index is 2.59. The molecule has 0 aromatic heterocycles. The van der Waals surface area contributed by atoms with Crippen LogP contribution >= 0.6 is 0 Å². The third-order valence-corrected chi connectivity index (χ3v) is 5.19. The number of rotatable bonds is 0. The molecule has 2 nitrogen and oxygen atoms in total. The summed E-state index contributed by atoms with van der Waals surface area (Å²) in [6.07, 6.45) is 5.54. The lowest BCUT2D eigenvalue weighted by atomic mass is 9.66. The summed E-state index contributed by atoms with van der Waals surface area (Å²) in [5.74, 6) is 0. The molecular weight excluding hydrogens is 172 g/mol. The van der Waals surface area contributed by atoms with Crippen LogP contribution in [0, 0.1) is 0 Å². The third-order valence-electron chi connectivity index (χ3n) is 5.19. The van der Waals surface area contributed by atoms with Crippen LogP contribution in [0.3, 0.4) is 0 Å². The monoisotopic (exact) mass is 196 g/mol. The molecule has 1 saturated heterocycles. The van der Waals surface area contributed by atoms with Gasteiger partial charge >= 0.3 is 0 Å². The Labute approximate surface area is 88.3 Å². The molecule has 0 N–H and O–H groups in total. The fourth-order valence-corrected chi connectivity index (χ4v) is 3.47. The van der Waals surface area contributed by atoms with E-state index in [9.17, 15) is 0 Å². The minimum atomic E-state index is 0.401. The largest absolute Gasteiger partial charge is 0.298 e. The van der Waals surface area contributed by atoms with Gasteiger partial charge in [-0.2, -0.15) is 0 Å². The Bertz CT molecular complexity index is 204. The Morgan fingerprint density at radius 3 is 1.50 bits per heavy atom. The first-order valence-electron chi connectivity index (χ1n) is 5.93. The molecule has 0 spiro atoms. The molecule has 82 valence electrons. The highest BCUT2D eigenvalue weighted by atomic mass is 15.3. The first-order chi connectivity index (χ1) is 6.51. The lowest BCUT2D eigenvalue weighted by molar-refractivity contribution is -0.103. The molecule has 0 radical (unpaired) electrons. The number of fused-ring (bicyclic) bond motifs is 1. The quantitative estimate of drug-likeness (QED) is 0.584. The Hall–Kier alpha value is -0.0800. The van der Waals surface area contributed by atoms with Gasteiger partial charge in [0.2, 0.25) is 0 Å². The van der Waals surface area contributed by atoms with Crippen LogP contribution < -0.4 is 0 Å². The van der Waals surface area contributed by atoms with Crippen LogP contribution in [0.2, 0.25) is 0 Å². The predicted molar refractivity (Wildman–Crippen MR) is 60.5 cm³/mol. The SMILES string of the molecule is CN1CCN(C)C2(C)CCCCC12C. The van der Waals surface area contributed by atoms with Crippen molar-refractivity contribution in [3.05, 3.63) is 0 Å². The van der Waals surface area contributed by atoms with E-state index in [1.165, 1.54) is 38.8 Å². The zero-order chi connectivity index (χ0) is 10.4. The lowest BCUT2D eigenvalue weighted by Gasteiger charge is -2.62. The molecule has 2 unspecified atom stereocenters. The van der Waals surface area contributed by atoms with Crippen molar-refractivity contribution in [3.63, 3.8) is 0 Å². The van der Waals surface area contributed by atoms with E-state index in [0.717, 1.165) is 0 Å². The van der Waals surface area contributed by atoms with Crippen LogP contribution in [0.15, 0.2) is 0 Å². The molecule has 1 aliphatic heterocycles. The summed E-state index contributed by atoms with van der Waals surface area (Å²) >= 11 is 0. The van der Waals surface area contributed by atoms with Gasteiger partial charge in [-0.1, -0.05) is 12.8 Å². The summed E-state index contributed by atoms with van der Waals surface area (Å²) in [5.41, 5.74) is 0.802. The van der Waals surface area contributed by atoms with E-state index in [2.05, 4.69) is 37.7 Å². The van der Waals surface area contributed by atoms with Gasteiger partial charge in [-0.3, -0.25) is 9.80 Å². The number of hydrogen-bond acceptors (Lipinski definition) is 2. The third kappa shape index (κ3) is 1.17. The predicted octanol–water partition coefficient (Wildman–Crippen LogP) is 1.95. The van der Waals surface area contributed by atoms with Crippen LogP contribution in [0.4, 0.5) is 0 Å². The molecule has 0 aromatic carbocycles. The van der Waals surface area contributed by atoms with Crippen molar-refractivity contribution in [1.29, 1.82) is 0 Å². The van der Waals surface area contributed by atoms with Crippen molar-refractivity contribution in [2.24, 2.45) is 0 Å². The summed E-state index contributed by atoms with van der Waals surface area (Å²) in [4.78, 5) is 5.18. The van der Waals surface area contributed by atoms with E-state index < -0.39 is 0 Å². The Morgan fingerprint density at radius 1 is 0.786 bits per heavy atom. The summed E-state index contributed by atoms with van der Waals surface area (Å²) < 4.78 is 0. The van der Waals surface area contributed by atoms with E-state index in [-0.39, 0.29) is 0 Å². The summed E-state index contributed by atoms with van der Waals surface area (Å²) in [5, 5.41) is 0. The average Bonchev–Trinajstić information content (AvgIpc) is 2.16. The molecule has 1 aliphatic carbocycles. The zero-order valence-electron chi connectivity index (χ0n) is 10.1. The second-order valence-corrected chi connectivity index (χ2v) is 5.60. The molecule has 2 atom stereocenters. The highest BCUT2D eigenvalue weighted by Gasteiger charge is 2.53. The van der Waals surface area contributed by atoms with Crippen LogP contribution in [-0.4, -0.2) is 48.1 Å². The van der Waals surface area contributed by atoms with Crippen molar-refractivity contribution in [1.82, 2.24) is 9.80 Å². The molecule has 0 amide bonds. The number of hydrogen-bond donors (Lipinski definition) is 0. The molecule has 14 heavy (non-hydrogen) atoms. The van der Waals surface area contributed by atoms with E-state index in [1.54, 1.807) is 0 Å². The van der Waals surface area contributed by atoms with Crippen molar-refractivity contribution in [2.75, 3.05) is 27.2 Å². The van der Waals surface area contributed by atoms with Crippen LogP contribution in [-0.2, 0) is 0 Å². The van der Waals surface area contributed by atoms with Gasteiger partial charge in [0.05, 0.1) is 0 Å². The van der Waals surface area contributed by atoms with Gasteiger partial charge in [0.25, 0.3) is 0 Å². The van der Waals surface area contributed by atoms with Gasteiger partial charge in [0, 0.05) is 24.2 Å². The highest BCUT2D eigenvalue weighted by molar-refractivity contribution is 5.11. The summed E-state index contributed by atoms with van der Waals surface area (Å²) in [7, 11) is 4.60. The molecule has 0 aromatic rings. The van der Waals surface area contributed by atoms with Crippen molar-refractivity contribution >= 4 is 0 Å². The number of likely N-dealkylation sites (N-methyl/N-ethyl adjacent to an activating group) is 2. The first kappa shape index (κ1) is 10.4. The molecule has 1 heterocycles. The van der Waals surface area contributed by atoms with Crippen molar-refractivity contribution < 1.29 is 0 Å². The van der Waals surface area contributed by atoms with Crippen molar-refractivity contribution in [2.45, 2.75) is 50.6 Å². The minimum Gasteiger partial charge on any atom is -0.298 e. The fraction of sp³-hybridized carbons (Fsp3) is 1.00. The highest BCUT2D eigenvalue weighted by Crippen LogP contribution is 2.45. The van der Waals surface area contributed by atoms with Gasteiger partial charge in [-0.25, -0.2) is 0 Å². The molecule has 2 aliphatic rings. The Kier molecular flexibility index (Phi) is 2.39. The van der Waals surface area contributed by atoms with E-state index >= 15 is 0 Å². The molecule has 1 saturated carbocycles. The average molecular weight is 196 g/mol. The fourth-order valence-electron chi connectivity index (χ4n) is 3.47. The smallest absolute Gasteiger partial charge is 0.0359 e. The lowest BCUT2D eigenvalue weighted by Crippen LogP contribution is -2.72. The van der Waals surface area contributed by atoms with Gasteiger partial charge in [0.15, 0.2) is 0 Å². The molecule has 2 fully saturated rings. The van der Waals surface area contributed by atoms with E-state index in [0.29, 0.717) is 11.1 Å². The number of nitrogens with zero attached hydrogens (tertiary/aromatic N) is 2. The summed E-state index contributed by atoms with van der Waals surface area (Å²) in [6, 6.07) is 0. The zero-order valence-corrected chi connectivity index (χ0v) is 10.1. The van der Waals surface area contributed by atoms with E-state index in [4.69, 9.17) is 0 Å². The summed E-state index contributed by atoms with van der Waals surface area (Å²) in [6.45, 7) is 7.37. The minimum absolute atomic E-state index is 0.401. The van der Waals surface area contributed by atoms with Crippen LogP contribution in [0.5, 0.6) is 0 Å². The first-order valence-corrected chi connectivity index (χ1v) is 5.93. The molecular formula is C12H24N2. The number of piperazine rings is 1. The molecule has 0 bridgehead atoms. The topological polar surface area (TPSA) is 6.48 Å². The molecule has 2 heteroatoms. The Balaban J connectivity index is 2.33. The Morgan fingerprint density at radius 2 is 1.14 bits per heavy atom. The van der Waals surface area contributed by atoms with Crippen LogP contribution in [0.25, 0.3) is 0 Å². The normalized spacial score (nSPS) is 46.3. The van der Waals surface area contributed by atoms with Crippen LogP contribution in [0.1, 0.15) is 39.5 Å². The van der Waals surface area contributed by atoms with Crippen molar-refractivity contribution in [3.8, 4) is 0 Å². The maximum atomic E-state index is 2.59. The molecule has 2 rings (SSSR count). The van der Waals surface area contributed by atoms with Gasteiger partial charge in [-0.15, -0.1) is 0 Å². The standard InChI is InChI=1S/C12H24N2/c1-11-7-5-6-8-12(11,2)14(4)10-9-13(11)3/h5-10H2,1-4H3. The van der Waals surface area contributed by atoms with E-state index in [1.807, 2.05) is 0 Å². The van der Waals surface area contributed by atoms with Gasteiger partial charge in [0.1, 0.15) is 0 Å². The van der Waals surface area contributed by atoms with Gasteiger partial charge in [-0.05, 0) is 40.8 Å². The second kappa shape index (κ2) is 3.21. The van der Waals surface area contributed by atoms with Gasteiger partial charge < -0.3 is 0 Å². The maximum Gasteiger partial charge on any atom is 0.0359 e.